The van der Waals surface area contributed by atoms with Crippen molar-refractivity contribution in [3.05, 3.63) is 5.73 Å². The van der Waals surface area contributed by atoms with Crippen LogP contribution in [-0.4, -0.2) is 29.7 Å². The van der Waals surface area contributed by atoms with Crippen LogP contribution in [0, 0.1) is 44.1 Å². The quantitative estimate of drug-likeness (QED) is 0.560. The molecule has 0 aliphatic rings. The maximum absolute atomic E-state index is 10.4. The molecule has 0 heterocycles. The number of carbonyl (C=O) groups excluding carboxylic acids is 1. The molecule has 6 heteroatoms. The first-order chi connectivity index (χ1) is 4.59. The van der Waals surface area contributed by atoms with E-state index in [1.54, 1.807) is 6.92 Å². The summed E-state index contributed by atoms with van der Waals surface area (Å²) in [5.41, 5.74) is 6.66. The molecule has 0 aromatic carbocycles. The zero-order valence-corrected chi connectivity index (χ0v) is 10.8. The molecule has 0 aliphatic carbocycles. The fourth-order valence-electron chi connectivity index (χ4n) is 0.326. The van der Waals surface area contributed by atoms with Crippen molar-refractivity contribution in [1.29, 1.82) is 0 Å². The van der Waals surface area contributed by atoms with Crippen LogP contribution in [0.5, 0.6) is 0 Å². The van der Waals surface area contributed by atoms with Crippen LogP contribution in [0.25, 0.3) is 5.73 Å². The normalized spacial score (nSPS) is 11.1. The molecule has 1 atom stereocenters. The molecule has 0 aliphatic heterocycles. The number of ether oxygens (including phenoxy) is 1. The minimum Gasteiger partial charge on any atom is -0.656 e. The van der Waals surface area contributed by atoms with Gasteiger partial charge in [0, 0.05) is 44.1 Å². The Kier molecular flexibility index (Phi) is 8.87. The summed E-state index contributed by atoms with van der Waals surface area (Å²) in [4.78, 5) is 20.3. The Morgan fingerprint density at radius 2 is 2.09 bits per heavy atom. The monoisotopic (exact) mass is 373 g/mol. The molecule has 61 valence electrons. The third-order valence-electron chi connectivity index (χ3n) is 0.769. The molecular formula is C5H8AcNO4-. The second-order valence-corrected chi connectivity index (χ2v) is 1.52. The van der Waals surface area contributed by atoms with Crippen molar-refractivity contribution in [3.8, 4) is 0 Å². The van der Waals surface area contributed by atoms with Crippen LogP contribution in [0.15, 0.2) is 0 Å². The number of esters is 1. The van der Waals surface area contributed by atoms with Gasteiger partial charge in [0.25, 0.3) is 11.9 Å². The number of rotatable bonds is 3. The smallest absolute Gasteiger partial charge is 0.298 e. The Bertz CT molecular complexity index is 149. The van der Waals surface area contributed by atoms with Gasteiger partial charge in [-0.25, -0.2) is 0 Å². The van der Waals surface area contributed by atoms with Gasteiger partial charge in [-0.15, -0.1) is 0 Å². The largest absolute Gasteiger partial charge is 0.656 e. The number of hydrogen-bond acceptors (Lipinski definition) is 3. The molecule has 0 saturated carbocycles. The van der Waals surface area contributed by atoms with E-state index in [4.69, 9.17) is 10.8 Å². The molecule has 1 radical (unpaired) electrons. The zero-order valence-electron chi connectivity index (χ0n) is 6.03. The molecule has 5 nitrogen and oxygen atoms in total. The van der Waals surface area contributed by atoms with Crippen molar-refractivity contribution in [2.45, 2.75) is 13.0 Å². The van der Waals surface area contributed by atoms with E-state index in [9.17, 15) is 9.59 Å². The molecular weight excluding hydrogens is 365 g/mol. The van der Waals surface area contributed by atoms with Gasteiger partial charge in [-0.2, -0.15) is 0 Å². The predicted octanol–water partition coefficient (Wildman–Crippen LogP) is 0.0549. The van der Waals surface area contributed by atoms with Crippen molar-refractivity contribution in [3.63, 3.8) is 0 Å². The molecule has 0 amide bonds. The summed E-state index contributed by atoms with van der Waals surface area (Å²) in [6.45, 7) is 1.65. The van der Waals surface area contributed by atoms with Gasteiger partial charge in [-0.05, 0) is 6.92 Å². The van der Waals surface area contributed by atoms with Crippen LogP contribution < -0.4 is 0 Å². The number of carboxylic acids is 1. The Labute approximate surface area is 99.8 Å². The number of carbonyl (C=O) groups is 2. The molecule has 0 aromatic rings. The van der Waals surface area contributed by atoms with Gasteiger partial charge in [0.05, 0.1) is 12.6 Å². The minimum absolute atomic E-state index is 0. The summed E-state index contributed by atoms with van der Waals surface area (Å²) in [7, 11) is 0. The average molecular weight is 373 g/mol. The summed E-state index contributed by atoms with van der Waals surface area (Å²) in [5.74, 6) is -2.51. The maximum atomic E-state index is 10.4. The fraction of sp³-hybridized carbons (Fsp3) is 0.600. The summed E-state index contributed by atoms with van der Waals surface area (Å²) < 4.78 is 4.26. The second kappa shape index (κ2) is 7.02. The Hall–Kier alpha value is 0.342. The molecule has 1 unspecified atom stereocenters. The van der Waals surface area contributed by atoms with Crippen LogP contribution in [0.1, 0.15) is 6.92 Å². The van der Waals surface area contributed by atoms with Gasteiger partial charge in [0.1, 0.15) is 0 Å². The van der Waals surface area contributed by atoms with Crippen molar-refractivity contribution in [2.24, 2.45) is 0 Å². The molecule has 0 spiro atoms. The Balaban J connectivity index is 0. The standard InChI is InChI=1S/C5H8NO4.Ac/c1-2-10-5(9)3(6)4(7)8;/h3,6H,2H2,1H3,(H,7,8);/q-1;. The van der Waals surface area contributed by atoms with E-state index in [1.807, 2.05) is 0 Å². The summed E-state index contributed by atoms with van der Waals surface area (Å²) >= 11 is 0. The molecule has 0 fully saturated rings. The van der Waals surface area contributed by atoms with E-state index in [-0.39, 0.29) is 50.7 Å². The van der Waals surface area contributed by atoms with E-state index in [1.165, 1.54) is 0 Å². The fourth-order valence-corrected chi connectivity index (χ4v) is 0.326. The van der Waals surface area contributed by atoms with E-state index >= 15 is 0 Å². The molecule has 0 aromatic heterocycles. The van der Waals surface area contributed by atoms with E-state index in [0.717, 1.165) is 0 Å². The van der Waals surface area contributed by atoms with Gasteiger partial charge in [0.15, 0.2) is 0 Å². The van der Waals surface area contributed by atoms with Crippen molar-refractivity contribution >= 4 is 11.9 Å². The number of hydrogen-bond donors (Lipinski definition) is 1. The van der Waals surface area contributed by atoms with Crippen molar-refractivity contribution < 1.29 is 63.5 Å². The zero-order chi connectivity index (χ0) is 8.15. The summed E-state index contributed by atoms with van der Waals surface area (Å²) in [6.07, 6.45) is 0. The minimum atomic E-state index is -1.81. The maximum Gasteiger partial charge on any atom is 0.298 e. The Morgan fingerprint density at radius 1 is 1.64 bits per heavy atom. The molecule has 0 rings (SSSR count). The molecule has 2 N–H and O–H groups in total. The van der Waals surface area contributed by atoms with Crippen LogP contribution in [-0.2, 0) is 14.3 Å². The third kappa shape index (κ3) is 5.59. The number of carboxylic acid groups (broad SMARTS) is 1. The van der Waals surface area contributed by atoms with Gasteiger partial charge in [-0.3, -0.25) is 9.59 Å². The van der Waals surface area contributed by atoms with Gasteiger partial charge in [0.2, 0.25) is 0 Å². The second-order valence-electron chi connectivity index (χ2n) is 1.52. The van der Waals surface area contributed by atoms with Crippen LogP contribution in [0.4, 0.5) is 0 Å². The van der Waals surface area contributed by atoms with Crippen LogP contribution in [0.2, 0.25) is 0 Å². The SMILES string of the molecule is CCOC(=O)C([NH-])C(=O)O.[Ac]. The Morgan fingerprint density at radius 3 is 2.36 bits per heavy atom. The molecule has 0 bridgehead atoms. The van der Waals surface area contributed by atoms with E-state index in [0.29, 0.717) is 0 Å². The topological polar surface area (TPSA) is 87.4 Å². The van der Waals surface area contributed by atoms with Crippen LogP contribution in [0.3, 0.4) is 0 Å². The van der Waals surface area contributed by atoms with Gasteiger partial charge in [-0.1, -0.05) is 0 Å². The first-order valence-corrected chi connectivity index (χ1v) is 2.70. The van der Waals surface area contributed by atoms with Crippen molar-refractivity contribution in [2.75, 3.05) is 6.61 Å². The summed E-state index contributed by atoms with van der Waals surface area (Å²) in [6, 6.07) is -1.81. The van der Waals surface area contributed by atoms with Gasteiger partial charge < -0.3 is 15.6 Å². The first kappa shape index (κ1) is 13.9. The van der Waals surface area contributed by atoms with Crippen molar-refractivity contribution in [1.82, 2.24) is 0 Å². The van der Waals surface area contributed by atoms with E-state index < -0.39 is 18.0 Å². The van der Waals surface area contributed by atoms with Crippen LogP contribution >= 0.6 is 0 Å². The third-order valence-corrected chi connectivity index (χ3v) is 0.769. The first-order valence-electron chi connectivity index (χ1n) is 2.70. The van der Waals surface area contributed by atoms with Gasteiger partial charge >= 0.3 is 0 Å². The van der Waals surface area contributed by atoms with E-state index in [2.05, 4.69) is 4.74 Å². The molecule has 0 saturated heterocycles. The molecule has 11 heavy (non-hydrogen) atoms. The average Bonchev–Trinajstić information content (AvgIpc) is 1.87. The number of nitrogens with one attached hydrogen (secondary N) is 1. The summed E-state index contributed by atoms with van der Waals surface area (Å²) in [5, 5.41) is 8.09. The number of aliphatic carboxylic acids is 1. The predicted molar refractivity (Wildman–Crippen MR) is 32.4 cm³/mol.